The lowest BCUT2D eigenvalue weighted by molar-refractivity contribution is -0.137. The summed E-state index contributed by atoms with van der Waals surface area (Å²) in [6.45, 7) is 5.72. The SMILES string of the molecule is CC(C)(C)c1cc(NS(=O)(=O)c2cccc(C(F)(F)F)c2)n[nH]1. The monoisotopic (exact) mass is 347 g/mol. The molecule has 2 rings (SSSR count). The molecule has 1 heterocycles. The second-order valence-corrected chi connectivity index (χ2v) is 7.73. The van der Waals surface area contributed by atoms with Gasteiger partial charge in [0.05, 0.1) is 10.5 Å². The molecule has 0 unspecified atom stereocenters. The van der Waals surface area contributed by atoms with E-state index in [0.29, 0.717) is 11.8 Å². The molecule has 2 N–H and O–H groups in total. The van der Waals surface area contributed by atoms with E-state index in [9.17, 15) is 21.6 Å². The van der Waals surface area contributed by atoms with E-state index in [0.717, 1.165) is 18.2 Å². The number of hydrogen-bond acceptors (Lipinski definition) is 3. The summed E-state index contributed by atoms with van der Waals surface area (Å²) in [6.07, 6.45) is -4.61. The molecule has 0 aliphatic rings. The van der Waals surface area contributed by atoms with Crippen LogP contribution >= 0.6 is 0 Å². The number of nitrogens with zero attached hydrogens (tertiary/aromatic N) is 1. The van der Waals surface area contributed by atoms with Crippen molar-refractivity contribution in [2.45, 2.75) is 37.3 Å². The van der Waals surface area contributed by atoms with Crippen LogP contribution in [0.3, 0.4) is 0 Å². The second kappa shape index (κ2) is 5.55. The third kappa shape index (κ3) is 4.04. The van der Waals surface area contributed by atoms with Crippen LogP contribution in [0.2, 0.25) is 0 Å². The third-order valence-electron chi connectivity index (χ3n) is 3.10. The van der Waals surface area contributed by atoms with Gasteiger partial charge in [-0.05, 0) is 18.2 Å². The maximum atomic E-state index is 12.7. The molecular formula is C14H16F3N3O2S. The van der Waals surface area contributed by atoms with Crippen molar-refractivity contribution in [3.8, 4) is 0 Å². The zero-order valence-electron chi connectivity index (χ0n) is 12.7. The van der Waals surface area contributed by atoms with Crippen LogP contribution in [0.5, 0.6) is 0 Å². The molecule has 0 saturated heterocycles. The minimum atomic E-state index is -4.61. The number of aromatic amines is 1. The van der Waals surface area contributed by atoms with E-state index < -0.39 is 26.7 Å². The lowest BCUT2D eigenvalue weighted by atomic mass is 9.92. The van der Waals surface area contributed by atoms with Crippen LogP contribution in [0.4, 0.5) is 19.0 Å². The smallest absolute Gasteiger partial charge is 0.280 e. The fourth-order valence-electron chi connectivity index (χ4n) is 1.79. The van der Waals surface area contributed by atoms with Gasteiger partial charge in [-0.25, -0.2) is 8.42 Å². The standard InChI is InChI=1S/C14H16F3N3O2S/c1-13(2,3)11-8-12(19-18-11)20-23(21,22)10-6-4-5-9(7-10)14(15,16)17/h4-8H,1-3H3,(H2,18,19,20). The van der Waals surface area contributed by atoms with E-state index in [1.165, 1.54) is 6.07 Å². The Labute approximate surface area is 132 Å². The summed E-state index contributed by atoms with van der Waals surface area (Å²) < 4.78 is 64.6. The van der Waals surface area contributed by atoms with Crippen molar-refractivity contribution in [1.29, 1.82) is 0 Å². The molecule has 9 heteroatoms. The molecule has 0 aliphatic carbocycles. The van der Waals surface area contributed by atoms with Gasteiger partial charge in [-0.1, -0.05) is 26.8 Å². The second-order valence-electron chi connectivity index (χ2n) is 6.05. The summed E-state index contributed by atoms with van der Waals surface area (Å²) in [5.41, 5.74) is -0.607. The number of benzene rings is 1. The Morgan fingerprint density at radius 3 is 2.30 bits per heavy atom. The number of anilines is 1. The lowest BCUT2D eigenvalue weighted by Crippen LogP contribution is -2.15. The summed E-state index contributed by atoms with van der Waals surface area (Å²) in [5, 5.41) is 6.53. The highest BCUT2D eigenvalue weighted by Gasteiger charge is 2.31. The average molecular weight is 347 g/mol. The molecule has 0 saturated carbocycles. The fraction of sp³-hybridized carbons (Fsp3) is 0.357. The van der Waals surface area contributed by atoms with Gasteiger partial charge < -0.3 is 0 Å². The summed E-state index contributed by atoms with van der Waals surface area (Å²) >= 11 is 0. The van der Waals surface area contributed by atoms with E-state index in [-0.39, 0.29) is 11.2 Å². The van der Waals surface area contributed by atoms with Crippen molar-refractivity contribution < 1.29 is 21.6 Å². The molecule has 2 aromatic rings. The number of sulfonamides is 1. The Morgan fingerprint density at radius 2 is 1.78 bits per heavy atom. The molecule has 0 fully saturated rings. The van der Waals surface area contributed by atoms with Gasteiger partial charge in [0.15, 0.2) is 5.82 Å². The number of alkyl halides is 3. The lowest BCUT2D eigenvalue weighted by Gasteiger charge is -2.14. The van der Waals surface area contributed by atoms with Crippen LogP contribution in [0.25, 0.3) is 0 Å². The van der Waals surface area contributed by atoms with Gasteiger partial charge in [-0.15, -0.1) is 0 Å². The first-order chi connectivity index (χ1) is 10.4. The Morgan fingerprint density at radius 1 is 1.13 bits per heavy atom. The van der Waals surface area contributed by atoms with Gasteiger partial charge in [0.2, 0.25) is 0 Å². The highest BCUT2D eigenvalue weighted by molar-refractivity contribution is 7.92. The fourth-order valence-corrected chi connectivity index (χ4v) is 2.83. The minimum absolute atomic E-state index is 0.0207. The molecule has 126 valence electrons. The molecular weight excluding hydrogens is 331 g/mol. The first-order valence-corrected chi connectivity index (χ1v) is 8.14. The van der Waals surface area contributed by atoms with Crippen molar-refractivity contribution in [1.82, 2.24) is 10.2 Å². The Hall–Kier alpha value is -2.03. The number of aromatic nitrogens is 2. The Balaban J connectivity index is 2.31. The molecule has 0 radical (unpaired) electrons. The summed E-state index contributed by atoms with van der Waals surface area (Å²) in [6, 6.07) is 5.04. The van der Waals surface area contributed by atoms with Crippen LogP contribution in [0.15, 0.2) is 35.2 Å². The van der Waals surface area contributed by atoms with Gasteiger partial charge in [-0.3, -0.25) is 9.82 Å². The number of nitrogens with one attached hydrogen (secondary N) is 2. The summed E-state index contributed by atoms with van der Waals surface area (Å²) in [5.74, 6) is 0.0207. The molecule has 23 heavy (non-hydrogen) atoms. The minimum Gasteiger partial charge on any atom is -0.280 e. The van der Waals surface area contributed by atoms with Crippen LogP contribution in [-0.2, 0) is 21.6 Å². The quantitative estimate of drug-likeness (QED) is 0.892. The molecule has 5 nitrogen and oxygen atoms in total. The molecule has 0 aliphatic heterocycles. The zero-order valence-corrected chi connectivity index (χ0v) is 13.5. The molecule has 0 spiro atoms. The van der Waals surface area contributed by atoms with E-state index >= 15 is 0 Å². The first-order valence-electron chi connectivity index (χ1n) is 6.65. The molecule has 0 amide bonds. The number of rotatable bonds is 3. The zero-order chi connectivity index (χ0) is 17.5. The van der Waals surface area contributed by atoms with Crippen molar-refractivity contribution in [2.24, 2.45) is 0 Å². The number of H-pyrrole nitrogens is 1. The van der Waals surface area contributed by atoms with Crippen LogP contribution in [0, 0.1) is 0 Å². The number of hydrogen-bond donors (Lipinski definition) is 2. The molecule has 1 aromatic carbocycles. The van der Waals surface area contributed by atoms with Gasteiger partial charge in [0.1, 0.15) is 0 Å². The largest absolute Gasteiger partial charge is 0.416 e. The summed E-state index contributed by atoms with van der Waals surface area (Å²) in [7, 11) is -4.16. The van der Waals surface area contributed by atoms with E-state index in [2.05, 4.69) is 14.9 Å². The van der Waals surface area contributed by atoms with Crippen molar-refractivity contribution in [2.75, 3.05) is 4.72 Å². The maximum absolute atomic E-state index is 12.7. The van der Waals surface area contributed by atoms with Gasteiger partial charge >= 0.3 is 6.18 Å². The Bertz CT molecular complexity index is 805. The third-order valence-corrected chi connectivity index (χ3v) is 4.45. The van der Waals surface area contributed by atoms with Crippen molar-refractivity contribution in [3.63, 3.8) is 0 Å². The molecule has 0 atom stereocenters. The predicted molar refractivity (Wildman–Crippen MR) is 79.5 cm³/mol. The van der Waals surface area contributed by atoms with E-state index in [4.69, 9.17) is 0 Å². The highest BCUT2D eigenvalue weighted by Crippen LogP contribution is 2.31. The van der Waals surface area contributed by atoms with Gasteiger partial charge in [-0.2, -0.15) is 18.3 Å². The van der Waals surface area contributed by atoms with Crippen LogP contribution in [-0.4, -0.2) is 18.6 Å². The Kier molecular flexibility index (Phi) is 4.18. The van der Waals surface area contributed by atoms with Crippen molar-refractivity contribution >= 4 is 15.8 Å². The van der Waals surface area contributed by atoms with Gasteiger partial charge in [0, 0.05) is 17.2 Å². The average Bonchev–Trinajstić information content (AvgIpc) is 2.85. The predicted octanol–water partition coefficient (Wildman–Crippen LogP) is 3.53. The van der Waals surface area contributed by atoms with Crippen LogP contribution in [0.1, 0.15) is 32.0 Å². The molecule has 0 bridgehead atoms. The van der Waals surface area contributed by atoms with Crippen molar-refractivity contribution in [3.05, 3.63) is 41.6 Å². The first kappa shape index (κ1) is 17.3. The summed E-state index contributed by atoms with van der Waals surface area (Å²) in [4.78, 5) is -0.479. The highest BCUT2D eigenvalue weighted by atomic mass is 32.2. The van der Waals surface area contributed by atoms with Crippen LogP contribution < -0.4 is 4.72 Å². The number of halogens is 3. The van der Waals surface area contributed by atoms with Gasteiger partial charge in [0.25, 0.3) is 10.0 Å². The normalized spacial score (nSPS) is 13.1. The van der Waals surface area contributed by atoms with E-state index in [1.54, 1.807) is 0 Å². The maximum Gasteiger partial charge on any atom is 0.416 e. The van der Waals surface area contributed by atoms with E-state index in [1.807, 2.05) is 20.8 Å². The molecule has 1 aromatic heterocycles. The topological polar surface area (TPSA) is 74.8 Å².